The Balaban J connectivity index is 1.70. The second-order valence-corrected chi connectivity index (χ2v) is 6.28. The van der Waals surface area contributed by atoms with Gasteiger partial charge in [0.2, 0.25) is 5.91 Å². The van der Waals surface area contributed by atoms with Crippen LogP contribution in [0, 0.1) is 5.82 Å². The highest BCUT2D eigenvalue weighted by molar-refractivity contribution is 6.32. The van der Waals surface area contributed by atoms with Gasteiger partial charge in [-0.1, -0.05) is 11.6 Å². The zero-order chi connectivity index (χ0) is 20.4. The van der Waals surface area contributed by atoms with Crippen LogP contribution in [0.4, 0.5) is 4.39 Å². The van der Waals surface area contributed by atoms with Gasteiger partial charge in [-0.05, 0) is 60.9 Å². The summed E-state index contributed by atoms with van der Waals surface area (Å²) in [5.74, 6) is 1.08. The molecule has 2 rings (SSSR count). The molecule has 0 bridgehead atoms. The minimum absolute atomic E-state index is 0.203. The van der Waals surface area contributed by atoms with Gasteiger partial charge in [0, 0.05) is 12.6 Å². The maximum absolute atomic E-state index is 12.8. The summed E-state index contributed by atoms with van der Waals surface area (Å²) in [6.45, 7) is 1.03. The zero-order valence-electron chi connectivity index (χ0n) is 15.8. The summed E-state index contributed by atoms with van der Waals surface area (Å²) >= 11 is 6.14. The number of amides is 1. The maximum atomic E-state index is 12.8. The average molecular weight is 408 g/mol. The van der Waals surface area contributed by atoms with Crippen LogP contribution in [-0.2, 0) is 4.79 Å². The lowest BCUT2D eigenvalue weighted by Crippen LogP contribution is -2.22. The molecule has 28 heavy (non-hydrogen) atoms. The lowest BCUT2D eigenvalue weighted by molar-refractivity contribution is -0.116. The molecule has 2 aromatic carbocycles. The molecule has 0 aliphatic heterocycles. The molecule has 1 amide bonds. The summed E-state index contributed by atoms with van der Waals surface area (Å²) in [5.41, 5.74) is 0.727. The van der Waals surface area contributed by atoms with E-state index in [9.17, 15) is 9.18 Å². The Kier molecular flexibility index (Phi) is 8.62. The Bertz CT molecular complexity index is 809. The molecule has 150 valence electrons. The van der Waals surface area contributed by atoms with E-state index in [4.69, 9.17) is 25.8 Å². The molecule has 0 spiro atoms. The van der Waals surface area contributed by atoms with Crippen molar-refractivity contribution in [1.29, 1.82) is 0 Å². The first-order valence-corrected chi connectivity index (χ1v) is 9.17. The predicted molar refractivity (Wildman–Crippen MR) is 108 cm³/mol. The van der Waals surface area contributed by atoms with Crippen LogP contribution in [-0.4, -0.2) is 33.3 Å². The zero-order valence-corrected chi connectivity index (χ0v) is 16.6. The summed E-state index contributed by atoms with van der Waals surface area (Å²) in [6, 6.07) is 9.31. The topological polar surface area (TPSA) is 56.8 Å². The Morgan fingerprint density at radius 1 is 1.14 bits per heavy atom. The number of halogens is 2. The van der Waals surface area contributed by atoms with Crippen LogP contribution < -0.4 is 19.5 Å². The molecule has 0 atom stereocenters. The van der Waals surface area contributed by atoms with Crippen LogP contribution in [0.2, 0.25) is 5.02 Å². The molecule has 0 aromatic heterocycles. The van der Waals surface area contributed by atoms with Crippen LogP contribution in [0.25, 0.3) is 6.08 Å². The molecular weight excluding hydrogens is 385 g/mol. The first kappa shape index (κ1) is 21.6. The fourth-order valence-electron chi connectivity index (χ4n) is 2.42. The van der Waals surface area contributed by atoms with Gasteiger partial charge in [0.1, 0.15) is 11.6 Å². The summed E-state index contributed by atoms with van der Waals surface area (Å²) in [4.78, 5) is 11.9. The molecule has 2 aromatic rings. The molecule has 0 unspecified atom stereocenters. The van der Waals surface area contributed by atoms with E-state index in [-0.39, 0.29) is 11.7 Å². The normalized spacial score (nSPS) is 10.7. The third-order valence-corrected chi connectivity index (χ3v) is 4.12. The first-order chi connectivity index (χ1) is 13.5. The van der Waals surface area contributed by atoms with E-state index in [0.717, 1.165) is 18.4 Å². The molecule has 0 saturated carbocycles. The van der Waals surface area contributed by atoms with Crippen LogP contribution in [0.5, 0.6) is 17.2 Å². The number of nitrogens with one attached hydrogen (secondary N) is 1. The highest BCUT2D eigenvalue weighted by atomic mass is 35.5. The van der Waals surface area contributed by atoms with Gasteiger partial charge in [0.15, 0.2) is 11.5 Å². The average Bonchev–Trinajstić information content (AvgIpc) is 2.69. The van der Waals surface area contributed by atoms with Crippen LogP contribution in [0.1, 0.15) is 18.4 Å². The van der Waals surface area contributed by atoms with Crippen LogP contribution in [0.3, 0.4) is 0 Å². The molecular formula is C21H23ClFNO4. The van der Waals surface area contributed by atoms with Crippen molar-refractivity contribution >= 4 is 23.6 Å². The van der Waals surface area contributed by atoms with E-state index in [0.29, 0.717) is 35.4 Å². The minimum atomic E-state index is -0.293. The van der Waals surface area contributed by atoms with Crippen molar-refractivity contribution in [2.75, 3.05) is 27.4 Å². The van der Waals surface area contributed by atoms with Crippen molar-refractivity contribution in [3.05, 3.63) is 58.9 Å². The van der Waals surface area contributed by atoms with Crippen molar-refractivity contribution in [3.63, 3.8) is 0 Å². The Morgan fingerprint density at radius 3 is 2.57 bits per heavy atom. The van der Waals surface area contributed by atoms with Gasteiger partial charge < -0.3 is 19.5 Å². The highest BCUT2D eigenvalue weighted by Gasteiger charge is 2.09. The van der Waals surface area contributed by atoms with Gasteiger partial charge in [-0.3, -0.25) is 4.79 Å². The third-order valence-electron chi connectivity index (χ3n) is 3.84. The monoisotopic (exact) mass is 407 g/mol. The summed E-state index contributed by atoms with van der Waals surface area (Å²) in [5, 5.41) is 3.21. The molecule has 7 heteroatoms. The smallest absolute Gasteiger partial charge is 0.243 e. The minimum Gasteiger partial charge on any atom is -0.494 e. The number of hydrogen-bond acceptors (Lipinski definition) is 4. The standard InChI is InChI=1S/C21H23ClFNO4/c1-26-19-14-15(13-18(22)21(19)27-2)5-10-20(25)24-11-3-4-12-28-17-8-6-16(23)7-9-17/h5-10,13-14H,3-4,11-12H2,1-2H3,(H,24,25). The van der Waals surface area contributed by atoms with Crippen molar-refractivity contribution in [2.24, 2.45) is 0 Å². The lowest BCUT2D eigenvalue weighted by atomic mass is 10.2. The number of methoxy groups -OCH3 is 2. The Hall–Kier alpha value is -2.73. The number of hydrogen-bond donors (Lipinski definition) is 1. The fraction of sp³-hybridized carbons (Fsp3) is 0.286. The molecule has 0 fully saturated rings. The molecule has 0 heterocycles. The molecule has 1 N–H and O–H groups in total. The van der Waals surface area contributed by atoms with Gasteiger partial charge in [0.05, 0.1) is 25.8 Å². The molecule has 0 saturated heterocycles. The number of benzene rings is 2. The van der Waals surface area contributed by atoms with E-state index in [1.54, 1.807) is 30.3 Å². The quantitative estimate of drug-likeness (QED) is 0.466. The van der Waals surface area contributed by atoms with E-state index in [1.807, 2.05) is 0 Å². The van der Waals surface area contributed by atoms with Crippen molar-refractivity contribution in [1.82, 2.24) is 5.32 Å². The van der Waals surface area contributed by atoms with E-state index in [2.05, 4.69) is 5.32 Å². The van der Waals surface area contributed by atoms with Gasteiger partial charge >= 0.3 is 0 Å². The summed E-state index contributed by atoms with van der Waals surface area (Å²) in [7, 11) is 3.03. The predicted octanol–water partition coefficient (Wildman–Crippen LogP) is 4.48. The van der Waals surface area contributed by atoms with E-state index < -0.39 is 0 Å². The molecule has 5 nitrogen and oxygen atoms in total. The van der Waals surface area contributed by atoms with E-state index >= 15 is 0 Å². The second-order valence-electron chi connectivity index (χ2n) is 5.87. The van der Waals surface area contributed by atoms with Crippen molar-refractivity contribution in [3.8, 4) is 17.2 Å². The number of rotatable bonds is 10. The summed E-state index contributed by atoms with van der Waals surface area (Å²) < 4.78 is 28.7. The molecule has 0 aliphatic rings. The largest absolute Gasteiger partial charge is 0.494 e. The van der Waals surface area contributed by atoms with Gasteiger partial charge in [-0.25, -0.2) is 4.39 Å². The van der Waals surface area contributed by atoms with Gasteiger partial charge in [0.25, 0.3) is 0 Å². The van der Waals surface area contributed by atoms with Crippen LogP contribution >= 0.6 is 11.6 Å². The van der Waals surface area contributed by atoms with Crippen molar-refractivity contribution in [2.45, 2.75) is 12.8 Å². The Morgan fingerprint density at radius 2 is 1.89 bits per heavy atom. The maximum Gasteiger partial charge on any atom is 0.243 e. The van der Waals surface area contributed by atoms with E-state index in [1.165, 1.54) is 32.4 Å². The fourth-order valence-corrected chi connectivity index (χ4v) is 2.72. The number of ether oxygens (including phenoxy) is 3. The highest BCUT2D eigenvalue weighted by Crippen LogP contribution is 2.36. The SMILES string of the molecule is COc1cc(C=CC(=O)NCCCCOc2ccc(F)cc2)cc(Cl)c1OC. The second kappa shape index (κ2) is 11.2. The van der Waals surface area contributed by atoms with Gasteiger partial charge in [-0.2, -0.15) is 0 Å². The number of unbranched alkanes of at least 4 members (excludes halogenated alkanes) is 1. The molecule has 0 aliphatic carbocycles. The summed E-state index contributed by atoms with van der Waals surface area (Å²) in [6.07, 6.45) is 4.63. The number of carbonyl (C=O) groups is 1. The van der Waals surface area contributed by atoms with Crippen LogP contribution in [0.15, 0.2) is 42.5 Å². The number of carbonyl (C=O) groups excluding carboxylic acids is 1. The Labute approximate surface area is 169 Å². The van der Waals surface area contributed by atoms with Gasteiger partial charge in [-0.15, -0.1) is 0 Å². The molecule has 0 radical (unpaired) electrons. The lowest BCUT2D eigenvalue weighted by Gasteiger charge is -2.10. The third kappa shape index (κ3) is 6.78. The first-order valence-electron chi connectivity index (χ1n) is 8.79. The van der Waals surface area contributed by atoms with Crippen molar-refractivity contribution < 1.29 is 23.4 Å².